The average molecular weight is 388 g/mol. The molecule has 5 aromatic rings. The lowest BCUT2D eigenvalue weighted by Gasteiger charge is -2.13. The number of aldehydes is 2. The van der Waals surface area contributed by atoms with Gasteiger partial charge < -0.3 is 0 Å². The van der Waals surface area contributed by atoms with Gasteiger partial charge in [0.1, 0.15) is 11.4 Å². The third-order valence-corrected chi connectivity index (χ3v) is 5.21. The van der Waals surface area contributed by atoms with Crippen LogP contribution in [0.2, 0.25) is 0 Å². The Bertz CT molecular complexity index is 1300. The van der Waals surface area contributed by atoms with Crippen LogP contribution in [0.5, 0.6) is 0 Å². The molecule has 0 saturated carbocycles. The Kier molecular flexibility index (Phi) is 4.37. The standard InChI is InChI=1S/C26H16N2O2/c29-15-19-13-23(17-7-3-1-4-8-17)21-11-12-22-24(18-9-5-2-6-10-18)14-20(16-30)28-26(22)25(21)27-19/h1-16H. The lowest BCUT2D eigenvalue weighted by Crippen LogP contribution is -1.97. The highest BCUT2D eigenvalue weighted by atomic mass is 16.1. The highest BCUT2D eigenvalue weighted by molar-refractivity contribution is 6.13. The molecule has 30 heavy (non-hydrogen) atoms. The Morgan fingerprint density at radius 3 is 1.30 bits per heavy atom. The minimum atomic E-state index is 0.327. The van der Waals surface area contributed by atoms with Crippen LogP contribution in [0.4, 0.5) is 0 Å². The van der Waals surface area contributed by atoms with Gasteiger partial charge in [-0.1, -0.05) is 72.8 Å². The van der Waals surface area contributed by atoms with E-state index in [4.69, 9.17) is 0 Å². The molecule has 0 amide bonds. The quantitative estimate of drug-likeness (QED) is 0.291. The summed E-state index contributed by atoms with van der Waals surface area (Å²) in [5.41, 5.74) is 5.66. The number of hydrogen-bond donors (Lipinski definition) is 0. The van der Waals surface area contributed by atoms with E-state index in [9.17, 15) is 9.59 Å². The predicted octanol–water partition coefficient (Wildman–Crippen LogP) is 5.74. The molecule has 0 aliphatic heterocycles. The first-order chi connectivity index (χ1) is 14.8. The van der Waals surface area contributed by atoms with Gasteiger partial charge in [0.15, 0.2) is 12.6 Å². The molecule has 2 aromatic heterocycles. The fourth-order valence-electron chi connectivity index (χ4n) is 3.85. The van der Waals surface area contributed by atoms with E-state index in [2.05, 4.69) is 9.97 Å². The second-order valence-electron chi connectivity index (χ2n) is 7.02. The molecule has 0 saturated heterocycles. The monoisotopic (exact) mass is 388 g/mol. The number of carbonyl (C=O) groups excluding carboxylic acids is 2. The van der Waals surface area contributed by atoms with Crippen molar-refractivity contribution < 1.29 is 9.59 Å². The van der Waals surface area contributed by atoms with Gasteiger partial charge in [-0.2, -0.15) is 0 Å². The molecule has 0 aliphatic rings. The third-order valence-electron chi connectivity index (χ3n) is 5.21. The van der Waals surface area contributed by atoms with Gasteiger partial charge in [0.2, 0.25) is 0 Å². The first kappa shape index (κ1) is 17.9. The van der Waals surface area contributed by atoms with Crippen molar-refractivity contribution in [3.05, 3.63) is 96.3 Å². The molecule has 0 unspecified atom stereocenters. The van der Waals surface area contributed by atoms with Crippen molar-refractivity contribution >= 4 is 34.4 Å². The van der Waals surface area contributed by atoms with E-state index in [-0.39, 0.29) is 0 Å². The number of carbonyl (C=O) groups is 2. The van der Waals surface area contributed by atoms with Crippen molar-refractivity contribution in [1.82, 2.24) is 9.97 Å². The lowest BCUT2D eigenvalue weighted by molar-refractivity contribution is 0.111. The normalized spacial score (nSPS) is 10.9. The van der Waals surface area contributed by atoms with Crippen LogP contribution in [0.1, 0.15) is 21.0 Å². The van der Waals surface area contributed by atoms with Gasteiger partial charge >= 0.3 is 0 Å². The maximum atomic E-state index is 11.6. The van der Waals surface area contributed by atoms with E-state index in [1.54, 1.807) is 12.1 Å². The zero-order valence-corrected chi connectivity index (χ0v) is 15.9. The maximum absolute atomic E-state index is 11.6. The van der Waals surface area contributed by atoms with Crippen LogP contribution < -0.4 is 0 Å². The van der Waals surface area contributed by atoms with Crippen molar-refractivity contribution in [2.45, 2.75) is 0 Å². The Morgan fingerprint density at radius 2 is 0.933 bits per heavy atom. The summed E-state index contributed by atoms with van der Waals surface area (Å²) in [4.78, 5) is 32.4. The molecular weight excluding hydrogens is 372 g/mol. The summed E-state index contributed by atoms with van der Waals surface area (Å²) in [6.45, 7) is 0. The van der Waals surface area contributed by atoms with Gasteiger partial charge in [-0.05, 0) is 34.4 Å². The molecule has 0 atom stereocenters. The first-order valence-corrected chi connectivity index (χ1v) is 9.58. The molecule has 4 nitrogen and oxygen atoms in total. The van der Waals surface area contributed by atoms with Crippen LogP contribution in [0, 0.1) is 0 Å². The summed E-state index contributed by atoms with van der Waals surface area (Å²) >= 11 is 0. The molecule has 3 aromatic carbocycles. The Labute approximate surface area is 172 Å². The molecule has 0 spiro atoms. The smallest absolute Gasteiger partial charge is 0.168 e. The molecule has 4 heteroatoms. The summed E-state index contributed by atoms with van der Waals surface area (Å²) in [7, 11) is 0. The van der Waals surface area contributed by atoms with E-state index in [1.165, 1.54) is 0 Å². The Morgan fingerprint density at radius 1 is 0.533 bits per heavy atom. The molecule has 0 radical (unpaired) electrons. The summed E-state index contributed by atoms with van der Waals surface area (Å²) in [6, 6.07) is 27.3. The minimum absolute atomic E-state index is 0.327. The van der Waals surface area contributed by atoms with Crippen LogP contribution in [0.15, 0.2) is 84.9 Å². The minimum Gasteiger partial charge on any atom is -0.296 e. The number of fused-ring (bicyclic) bond motifs is 3. The van der Waals surface area contributed by atoms with E-state index in [0.29, 0.717) is 22.4 Å². The van der Waals surface area contributed by atoms with Crippen LogP contribution >= 0.6 is 0 Å². The van der Waals surface area contributed by atoms with Gasteiger partial charge in [-0.15, -0.1) is 0 Å². The largest absolute Gasteiger partial charge is 0.296 e. The number of rotatable bonds is 4. The summed E-state index contributed by atoms with van der Waals surface area (Å²) < 4.78 is 0. The molecule has 0 N–H and O–H groups in total. The topological polar surface area (TPSA) is 59.9 Å². The van der Waals surface area contributed by atoms with Crippen molar-refractivity contribution in [2.24, 2.45) is 0 Å². The summed E-state index contributed by atoms with van der Waals surface area (Å²) in [6.07, 6.45) is 1.48. The van der Waals surface area contributed by atoms with E-state index < -0.39 is 0 Å². The maximum Gasteiger partial charge on any atom is 0.168 e. The lowest BCUT2D eigenvalue weighted by atomic mass is 9.95. The second kappa shape index (κ2) is 7.33. The number of nitrogens with zero attached hydrogens (tertiary/aromatic N) is 2. The molecule has 5 rings (SSSR count). The first-order valence-electron chi connectivity index (χ1n) is 9.58. The fraction of sp³-hybridized carbons (Fsp3) is 0. The zero-order valence-electron chi connectivity index (χ0n) is 15.9. The van der Waals surface area contributed by atoms with Crippen LogP contribution in [0.3, 0.4) is 0 Å². The molecule has 142 valence electrons. The number of benzene rings is 3. The van der Waals surface area contributed by atoms with E-state index in [1.807, 2.05) is 72.8 Å². The highest BCUT2D eigenvalue weighted by Crippen LogP contribution is 2.36. The summed E-state index contributed by atoms with van der Waals surface area (Å²) in [5, 5.41) is 1.77. The fourth-order valence-corrected chi connectivity index (χ4v) is 3.85. The van der Waals surface area contributed by atoms with Gasteiger partial charge in [-0.3, -0.25) is 9.59 Å². The predicted molar refractivity (Wildman–Crippen MR) is 119 cm³/mol. The van der Waals surface area contributed by atoms with Crippen molar-refractivity contribution in [3.8, 4) is 22.3 Å². The van der Waals surface area contributed by atoms with Crippen molar-refractivity contribution in [2.75, 3.05) is 0 Å². The molecule has 0 aliphatic carbocycles. The van der Waals surface area contributed by atoms with Gasteiger partial charge in [0.25, 0.3) is 0 Å². The van der Waals surface area contributed by atoms with Gasteiger partial charge in [0, 0.05) is 10.8 Å². The van der Waals surface area contributed by atoms with E-state index >= 15 is 0 Å². The third kappa shape index (κ3) is 2.95. The summed E-state index contributed by atoms with van der Waals surface area (Å²) in [5.74, 6) is 0. The Hall–Kier alpha value is -4.18. The van der Waals surface area contributed by atoms with Crippen LogP contribution in [-0.2, 0) is 0 Å². The molecule has 2 heterocycles. The van der Waals surface area contributed by atoms with Gasteiger partial charge in [-0.25, -0.2) is 9.97 Å². The molecular formula is C26H16N2O2. The average Bonchev–Trinajstić information content (AvgIpc) is 2.83. The van der Waals surface area contributed by atoms with Crippen molar-refractivity contribution in [3.63, 3.8) is 0 Å². The zero-order chi connectivity index (χ0) is 20.5. The van der Waals surface area contributed by atoms with Crippen LogP contribution in [0.25, 0.3) is 44.1 Å². The Balaban J connectivity index is 1.92. The van der Waals surface area contributed by atoms with Crippen molar-refractivity contribution in [1.29, 1.82) is 0 Å². The second-order valence-corrected chi connectivity index (χ2v) is 7.02. The number of hydrogen-bond acceptors (Lipinski definition) is 4. The highest BCUT2D eigenvalue weighted by Gasteiger charge is 2.15. The van der Waals surface area contributed by atoms with Crippen LogP contribution in [-0.4, -0.2) is 22.5 Å². The van der Waals surface area contributed by atoms with E-state index in [0.717, 1.165) is 45.6 Å². The SMILES string of the molecule is O=Cc1cc(-c2ccccc2)c2ccc3c(-c4ccccc4)cc(C=O)nc3c2n1. The number of pyridine rings is 2. The molecule has 0 fully saturated rings. The molecule has 0 bridgehead atoms. The van der Waals surface area contributed by atoms with Gasteiger partial charge in [0.05, 0.1) is 11.0 Å². The number of aromatic nitrogens is 2.